The molecule has 0 aliphatic rings. The molecule has 0 aliphatic heterocycles. The quantitative estimate of drug-likeness (QED) is 0.777. The lowest BCUT2D eigenvalue weighted by atomic mass is 10.1. The van der Waals surface area contributed by atoms with Crippen LogP contribution in [0.2, 0.25) is 0 Å². The molecule has 0 heterocycles. The highest BCUT2D eigenvalue weighted by Gasteiger charge is 1.99. The van der Waals surface area contributed by atoms with Gasteiger partial charge in [-0.25, -0.2) is 0 Å². The Balaban J connectivity index is 2.21. The highest BCUT2D eigenvalue weighted by molar-refractivity contribution is 9.10. The molecule has 0 saturated heterocycles. The number of nitrogens with one attached hydrogen (secondary N) is 1. The van der Waals surface area contributed by atoms with Gasteiger partial charge in [0.1, 0.15) is 0 Å². The predicted octanol–water partition coefficient (Wildman–Crippen LogP) is 3.27. The smallest absolute Gasteiger partial charge is 0.0462 e. The van der Waals surface area contributed by atoms with Crippen molar-refractivity contribution in [2.75, 3.05) is 20.3 Å². The predicted molar refractivity (Wildman–Crippen MR) is 71.7 cm³/mol. The molecule has 0 bridgehead atoms. The van der Waals surface area contributed by atoms with Crippen LogP contribution in [0.25, 0.3) is 0 Å². The fraction of sp³-hybridized carbons (Fsp3) is 0.538. The fourth-order valence-corrected chi connectivity index (χ4v) is 2.15. The van der Waals surface area contributed by atoms with E-state index in [0.717, 1.165) is 32.5 Å². The van der Waals surface area contributed by atoms with Gasteiger partial charge in [-0.05, 0) is 43.5 Å². The van der Waals surface area contributed by atoms with Crippen molar-refractivity contribution in [2.24, 2.45) is 0 Å². The zero-order valence-corrected chi connectivity index (χ0v) is 11.6. The first kappa shape index (κ1) is 13.7. The third-order valence-corrected chi connectivity index (χ3v) is 3.21. The van der Waals surface area contributed by atoms with Crippen molar-refractivity contribution in [2.45, 2.75) is 26.3 Å². The first-order valence-electron chi connectivity index (χ1n) is 5.68. The van der Waals surface area contributed by atoms with Crippen LogP contribution in [0, 0.1) is 6.92 Å². The van der Waals surface area contributed by atoms with E-state index in [4.69, 9.17) is 4.74 Å². The summed E-state index contributed by atoms with van der Waals surface area (Å²) in [5.74, 6) is 0. The number of benzene rings is 1. The fourth-order valence-electron chi connectivity index (χ4n) is 1.52. The van der Waals surface area contributed by atoms with Gasteiger partial charge >= 0.3 is 0 Å². The maximum atomic E-state index is 5.00. The minimum atomic E-state index is 0.857. The molecule has 2 nitrogen and oxygen atoms in total. The van der Waals surface area contributed by atoms with E-state index in [9.17, 15) is 0 Å². The second kappa shape index (κ2) is 7.82. The molecule has 1 aromatic carbocycles. The van der Waals surface area contributed by atoms with Gasteiger partial charge in [0, 0.05) is 24.7 Å². The Morgan fingerprint density at radius 3 is 2.81 bits per heavy atom. The van der Waals surface area contributed by atoms with Crippen molar-refractivity contribution in [1.82, 2.24) is 5.32 Å². The number of ether oxygens (including phenoxy) is 1. The van der Waals surface area contributed by atoms with Crippen molar-refractivity contribution < 1.29 is 4.74 Å². The third-order valence-electron chi connectivity index (χ3n) is 2.48. The number of halogens is 1. The van der Waals surface area contributed by atoms with Crippen LogP contribution in [-0.2, 0) is 11.3 Å². The average molecular weight is 286 g/mol. The Morgan fingerprint density at radius 1 is 1.31 bits per heavy atom. The van der Waals surface area contributed by atoms with E-state index in [1.54, 1.807) is 7.11 Å². The normalized spacial score (nSPS) is 10.7. The number of hydrogen-bond acceptors (Lipinski definition) is 2. The van der Waals surface area contributed by atoms with Crippen LogP contribution in [0.15, 0.2) is 22.7 Å². The molecule has 16 heavy (non-hydrogen) atoms. The molecular weight excluding hydrogens is 266 g/mol. The first-order valence-corrected chi connectivity index (χ1v) is 6.48. The van der Waals surface area contributed by atoms with E-state index >= 15 is 0 Å². The van der Waals surface area contributed by atoms with Crippen LogP contribution < -0.4 is 5.32 Å². The van der Waals surface area contributed by atoms with Crippen LogP contribution in [0.5, 0.6) is 0 Å². The van der Waals surface area contributed by atoms with Crippen LogP contribution in [0.1, 0.15) is 24.0 Å². The molecule has 0 saturated carbocycles. The summed E-state index contributed by atoms with van der Waals surface area (Å²) < 4.78 is 6.20. The maximum Gasteiger partial charge on any atom is 0.0462 e. The molecule has 0 unspecified atom stereocenters. The van der Waals surface area contributed by atoms with Crippen LogP contribution in [-0.4, -0.2) is 20.3 Å². The Morgan fingerprint density at radius 2 is 2.12 bits per heavy atom. The Kier molecular flexibility index (Phi) is 6.69. The van der Waals surface area contributed by atoms with Crippen LogP contribution >= 0.6 is 15.9 Å². The van der Waals surface area contributed by atoms with Crippen LogP contribution in [0.4, 0.5) is 0 Å². The zero-order valence-electron chi connectivity index (χ0n) is 10.1. The molecule has 0 fully saturated rings. The van der Waals surface area contributed by atoms with Crippen molar-refractivity contribution in [3.63, 3.8) is 0 Å². The summed E-state index contributed by atoms with van der Waals surface area (Å²) in [6.45, 7) is 4.93. The molecule has 0 aromatic heterocycles. The topological polar surface area (TPSA) is 21.3 Å². The number of methoxy groups -OCH3 is 1. The lowest BCUT2D eigenvalue weighted by Gasteiger charge is -2.07. The molecule has 90 valence electrons. The lowest BCUT2D eigenvalue weighted by Crippen LogP contribution is -2.15. The number of rotatable bonds is 7. The van der Waals surface area contributed by atoms with Crippen molar-refractivity contribution in [3.8, 4) is 0 Å². The molecule has 1 N–H and O–H groups in total. The molecule has 0 radical (unpaired) electrons. The minimum absolute atomic E-state index is 0.857. The number of aryl methyl sites for hydroxylation is 1. The molecular formula is C13H20BrNO. The van der Waals surface area contributed by atoms with Gasteiger partial charge in [-0.3, -0.25) is 0 Å². The highest BCUT2D eigenvalue weighted by atomic mass is 79.9. The van der Waals surface area contributed by atoms with E-state index < -0.39 is 0 Å². The highest BCUT2D eigenvalue weighted by Crippen LogP contribution is 2.17. The Hall–Kier alpha value is -0.380. The standard InChI is InChI=1S/C13H20BrNO/c1-11-5-6-12(13(14)9-11)10-15-7-3-4-8-16-2/h5-6,9,15H,3-4,7-8,10H2,1-2H3. The lowest BCUT2D eigenvalue weighted by molar-refractivity contribution is 0.192. The second-order valence-electron chi connectivity index (χ2n) is 3.97. The van der Waals surface area contributed by atoms with Gasteiger partial charge in [-0.2, -0.15) is 0 Å². The largest absolute Gasteiger partial charge is 0.385 e. The SMILES string of the molecule is COCCCCNCc1ccc(C)cc1Br. The summed E-state index contributed by atoms with van der Waals surface area (Å²) in [7, 11) is 1.75. The second-order valence-corrected chi connectivity index (χ2v) is 4.83. The molecule has 0 aliphatic carbocycles. The van der Waals surface area contributed by atoms with Gasteiger partial charge in [-0.15, -0.1) is 0 Å². The molecule has 1 rings (SSSR count). The first-order chi connectivity index (χ1) is 7.74. The van der Waals surface area contributed by atoms with E-state index in [2.05, 4.69) is 46.4 Å². The van der Waals surface area contributed by atoms with Gasteiger partial charge in [0.15, 0.2) is 0 Å². The minimum Gasteiger partial charge on any atom is -0.385 e. The zero-order chi connectivity index (χ0) is 11.8. The Bertz CT molecular complexity index is 315. The van der Waals surface area contributed by atoms with Gasteiger partial charge in [0.05, 0.1) is 0 Å². The third kappa shape index (κ3) is 5.10. The number of hydrogen-bond donors (Lipinski definition) is 1. The molecule has 0 atom stereocenters. The van der Waals surface area contributed by atoms with Gasteiger partial charge < -0.3 is 10.1 Å². The van der Waals surface area contributed by atoms with E-state index in [-0.39, 0.29) is 0 Å². The summed E-state index contributed by atoms with van der Waals surface area (Å²) in [5.41, 5.74) is 2.60. The average Bonchev–Trinajstić information content (AvgIpc) is 2.26. The van der Waals surface area contributed by atoms with Gasteiger partial charge in [0.2, 0.25) is 0 Å². The molecule has 0 amide bonds. The summed E-state index contributed by atoms with van der Waals surface area (Å²) in [4.78, 5) is 0. The monoisotopic (exact) mass is 285 g/mol. The van der Waals surface area contributed by atoms with E-state index in [0.29, 0.717) is 0 Å². The van der Waals surface area contributed by atoms with Gasteiger partial charge in [-0.1, -0.05) is 28.1 Å². The Labute approximate surface area is 107 Å². The maximum absolute atomic E-state index is 5.00. The number of unbranched alkanes of at least 4 members (excludes halogenated alkanes) is 1. The van der Waals surface area contributed by atoms with Crippen LogP contribution in [0.3, 0.4) is 0 Å². The van der Waals surface area contributed by atoms with Crippen molar-refractivity contribution in [1.29, 1.82) is 0 Å². The van der Waals surface area contributed by atoms with Gasteiger partial charge in [0.25, 0.3) is 0 Å². The van der Waals surface area contributed by atoms with Crippen molar-refractivity contribution in [3.05, 3.63) is 33.8 Å². The van der Waals surface area contributed by atoms with E-state index in [1.165, 1.54) is 15.6 Å². The molecule has 0 spiro atoms. The van der Waals surface area contributed by atoms with E-state index in [1.807, 2.05) is 0 Å². The summed E-state index contributed by atoms with van der Waals surface area (Å²) >= 11 is 3.58. The summed E-state index contributed by atoms with van der Waals surface area (Å²) in [6, 6.07) is 6.47. The van der Waals surface area contributed by atoms with Crippen molar-refractivity contribution >= 4 is 15.9 Å². The summed E-state index contributed by atoms with van der Waals surface area (Å²) in [5, 5.41) is 3.44. The molecule has 3 heteroatoms. The molecule has 1 aromatic rings. The summed E-state index contributed by atoms with van der Waals surface area (Å²) in [6.07, 6.45) is 2.29.